The van der Waals surface area contributed by atoms with Gasteiger partial charge < -0.3 is 10.1 Å². The van der Waals surface area contributed by atoms with Crippen LogP contribution in [0.5, 0.6) is 5.75 Å². The Labute approximate surface area is 135 Å². The molecule has 1 amide bonds. The largest absolute Gasteiger partial charge is 0.484 e. The van der Waals surface area contributed by atoms with Crippen molar-refractivity contribution >= 4 is 39.1 Å². The summed E-state index contributed by atoms with van der Waals surface area (Å²) in [5.41, 5.74) is 1.64. The molecule has 1 N–H and O–H groups in total. The van der Waals surface area contributed by atoms with Gasteiger partial charge in [-0.1, -0.05) is 27.5 Å². The predicted octanol–water partition coefficient (Wildman–Crippen LogP) is 4.57. The van der Waals surface area contributed by atoms with E-state index in [9.17, 15) is 9.18 Å². The number of hydrogen-bond donors (Lipinski definition) is 1. The summed E-state index contributed by atoms with van der Waals surface area (Å²) in [5.74, 6) is -0.496. The molecule has 110 valence electrons. The van der Waals surface area contributed by atoms with E-state index in [-0.39, 0.29) is 17.5 Å². The van der Waals surface area contributed by atoms with E-state index in [0.29, 0.717) is 11.4 Å². The first-order valence-corrected chi connectivity index (χ1v) is 7.26. The standard InChI is InChI=1S/C15H12BrClFNO2/c1-9-6-10(16)2-5-14(9)19-15(20)8-21-11-3-4-13(18)12(17)7-11/h2-7H,8H2,1H3,(H,19,20). The summed E-state index contributed by atoms with van der Waals surface area (Å²) in [6.07, 6.45) is 0. The summed E-state index contributed by atoms with van der Waals surface area (Å²) in [6.45, 7) is 1.71. The van der Waals surface area contributed by atoms with Gasteiger partial charge in [-0.25, -0.2) is 4.39 Å². The maximum atomic E-state index is 13.0. The molecule has 0 aliphatic carbocycles. The summed E-state index contributed by atoms with van der Waals surface area (Å²) in [6, 6.07) is 9.47. The normalized spacial score (nSPS) is 10.3. The third-order valence-corrected chi connectivity index (χ3v) is 3.51. The number of nitrogens with one attached hydrogen (secondary N) is 1. The number of anilines is 1. The first-order chi connectivity index (χ1) is 9.95. The number of hydrogen-bond acceptors (Lipinski definition) is 2. The molecule has 0 unspecified atom stereocenters. The fraction of sp³-hybridized carbons (Fsp3) is 0.133. The highest BCUT2D eigenvalue weighted by atomic mass is 79.9. The zero-order chi connectivity index (χ0) is 15.4. The van der Waals surface area contributed by atoms with Gasteiger partial charge in [0.1, 0.15) is 11.6 Å². The zero-order valence-electron chi connectivity index (χ0n) is 11.1. The van der Waals surface area contributed by atoms with Crippen molar-refractivity contribution in [2.24, 2.45) is 0 Å². The topological polar surface area (TPSA) is 38.3 Å². The molecule has 3 nitrogen and oxygen atoms in total. The van der Waals surface area contributed by atoms with Crippen molar-refractivity contribution in [3.8, 4) is 5.75 Å². The maximum Gasteiger partial charge on any atom is 0.262 e. The van der Waals surface area contributed by atoms with Crippen LogP contribution >= 0.6 is 27.5 Å². The molecule has 2 rings (SSSR count). The van der Waals surface area contributed by atoms with Crippen LogP contribution in [0, 0.1) is 12.7 Å². The first-order valence-electron chi connectivity index (χ1n) is 6.09. The van der Waals surface area contributed by atoms with Crippen LogP contribution in [0.25, 0.3) is 0 Å². The molecule has 21 heavy (non-hydrogen) atoms. The Bertz CT molecular complexity index is 679. The fourth-order valence-corrected chi connectivity index (χ4v) is 2.32. The molecule has 2 aromatic carbocycles. The quantitative estimate of drug-likeness (QED) is 0.854. The second-order valence-electron chi connectivity index (χ2n) is 4.37. The van der Waals surface area contributed by atoms with E-state index in [1.807, 2.05) is 19.1 Å². The summed E-state index contributed by atoms with van der Waals surface area (Å²) in [5, 5.41) is 2.70. The summed E-state index contributed by atoms with van der Waals surface area (Å²) in [7, 11) is 0. The number of halogens is 3. The average molecular weight is 373 g/mol. The van der Waals surface area contributed by atoms with Crippen molar-refractivity contribution in [2.45, 2.75) is 6.92 Å². The van der Waals surface area contributed by atoms with E-state index >= 15 is 0 Å². The highest BCUT2D eigenvalue weighted by molar-refractivity contribution is 9.10. The van der Waals surface area contributed by atoms with Crippen LogP contribution in [0.3, 0.4) is 0 Å². The molecule has 0 radical (unpaired) electrons. The van der Waals surface area contributed by atoms with Gasteiger partial charge >= 0.3 is 0 Å². The molecule has 6 heteroatoms. The smallest absolute Gasteiger partial charge is 0.262 e. The van der Waals surface area contributed by atoms with Crippen molar-refractivity contribution in [3.05, 3.63) is 57.3 Å². The van der Waals surface area contributed by atoms with E-state index in [1.54, 1.807) is 6.07 Å². The number of ether oxygens (including phenoxy) is 1. The van der Waals surface area contributed by atoms with Gasteiger partial charge in [0, 0.05) is 16.2 Å². The lowest BCUT2D eigenvalue weighted by Gasteiger charge is -2.10. The Morgan fingerprint density at radius 2 is 2.10 bits per heavy atom. The van der Waals surface area contributed by atoms with E-state index < -0.39 is 5.82 Å². The number of carbonyl (C=O) groups is 1. The third kappa shape index (κ3) is 4.44. The molecule has 0 atom stereocenters. The van der Waals surface area contributed by atoms with E-state index in [0.717, 1.165) is 10.0 Å². The maximum absolute atomic E-state index is 13.0. The highest BCUT2D eigenvalue weighted by Crippen LogP contribution is 2.22. The number of amides is 1. The Kier molecular flexibility index (Phi) is 5.20. The SMILES string of the molecule is Cc1cc(Br)ccc1NC(=O)COc1ccc(F)c(Cl)c1. The molecule has 0 heterocycles. The van der Waals surface area contributed by atoms with Gasteiger partial charge in [-0.2, -0.15) is 0 Å². The van der Waals surface area contributed by atoms with Crippen molar-refractivity contribution in [2.75, 3.05) is 11.9 Å². The minimum absolute atomic E-state index is 0.0448. The lowest BCUT2D eigenvalue weighted by atomic mass is 10.2. The first kappa shape index (κ1) is 15.8. The van der Waals surface area contributed by atoms with Gasteiger partial charge in [0.05, 0.1) is 5.02 Å². The van der Waals surface area contributed by atoms with Gasteiger partial charge in [0.15, 0.2) is 6.61 Å². The van der Waals surface area contributed by atoms with Crippen LogP contribution < -0.4 is 10.1 Å². The van der Waals surface area contributed by atoms with Crippen LogP contribution in [0.1, 0.15) is 5.56 Å². The van der Waals surface area contributed by atoms with Gasteiger partial charge in [-0.3, -0.25) is 4.79 Å². The minimum atomic E-state index is -0.529. The molecule has 0 aliphatic heterocycles. The highest BCUT2D eigenvalue weighted by Gasteiger charge is 2.07. The monoisotopic (exact) mass is 371 g/mol. The Morgan fingerprint density at radius 3 is 2.76 bits per heavy atom. The van der Waals surface area contributed by atoms with Crippen LogP contribution in [-0.2, 0) is 4.79 Å². The Balaban J connectivity index is 1.94. The van der Waals surface area contributed by atoms with E-state index in [2.05, 4.69) is 21.2 Å². The fourth-order valence-electron chi connectivity index (χ4n) is 1.67. The third-order valence-electron chi connectivity index (χ3n) is 2.72. The van der Waals surface area contributed by atoms with Crippen LogP contribution in [-0.4, -0.2) is 12.5 Å². The molecule has 0 bridgehead atoms. The Hall–Kier alpha value is -1.59. The molecule has 0 saturated carbocycles. The second kappa shape index (κ2) is 6.91. The van der Waals surface area contributed by atoms with Gasteiger partial charge in [0.2, 0.25) is 0 Å². The van der Waals surface area contributed by atoms with E-state index in [4.69, 9.17) is 16.3 Å². The lowest BCUT2D eigenvalue weighted by Crippen LogP contribution is -2.20. The average Bonchev–Trinajstić information content (AvgIpc) is 2.43. The number of benzene rings is 2. The van der Waals surface area contributed by atoms with Crippen molar-refractivity contribution in [1.29, 1.82) is 0 Å². The predicted molar refractivity (Wildman–Crippen MR) is 84.4 cm³/mol. The molecule has 0 fully saturated rings. The van der Waals surface area contributed by atoms with Crippen LogP contribution in [0.15, 0.2) is 40.9 Å². The van der Waals surface area contributed by atoms with E-state index in [1.165, 1.54) is 18.2 Å². The molecule has 2 aromatic rings. The molecule has 0 aliphatic rings. The van der Waals surface area contributed by atoms with Gasteiger partial charge in [-0.15, -0.1) is 0 Å². The summed E-state index contributed by atoms with van der Waals surface area (Å²) in [4.78, 5) is 11.8. The molecule has 0 saturated heterocycles. The van der Waals surface area contributed by atoms with Gasteiger partial charge in [-0.05, 0) is 42.8 Å². The van der Waals surface area contributed by atoms with Gasteiger partial charge in [0.25, 0.3) is 5.91 Å². The van der Waals surface area contributed by atoms with Crippen LogP contribution in [0.4, 0.5) is 10.1 Å². The second-order valence-corrected chi connectivity index (χ2v) is 5.69. The summed E-state index contributed by atoms with van der Waals surface area (Å²) >= 11 is 8.99. The number of aryl methyl sites for hydroxylation is 1. The van der Waals surface area contributed by atoms with Crippen LogP contribution in [0.2, 0.25) is 5.02 Å². The Morgan fingerprint density at radius 1 is 1.33 bits per heavy atom. The minimum Gasteiger partial charge on any atom is -0.484 e. The number of rotatable bonds is 4. The number of carbonyl (C=O) groups excluding carboxylic acids is 1. The summed E-state index contributed by atoms with van der Waals surface area (Å²) < 4.78 is 19.2. The van der Waals surface area contributed by atoms with Crippen molar-refractivity contribution in [3.63, 3.8) is 0 Å². The molecular formula is C15H12BrClFNO2. The lowest BCUT2D eigenvalue weighted by molar-refractivity contribution is -0.118. The zero-order valence-corrected chi connectivity index (χ0v) is 13.5. The van der Waals surface area contributed by atoms with Crippen molar-refractivity contribution < 1.29 is 13.9 Å². The van der Waals surface area contributed by atoms with Crippen molar-refractivity contribution in [1.82, 2.24) is 0 Å². The molecule has 0 aromatic heterocycles. The molecular weight excluding hydrogens is 361 g/mol. The molecule has 0 spiro atoms.